The molecule has 7 nitrogen and oxygen atoms in total. The van der Waals surface area contributed by atoms with Gasteiger partial charge in [-0.15, -0.1) is 0 Å². The first-order valence-electron chi connectivity index (χ1n) is 6.64. The Morgan fingerprint density at radius 1 is 1.38 bits per heavy atom. The zero-order valence-corrected chi connectivity index (χ0v) is 11.9. The molecule has 0 spiro atoms. The summed E-state index contributed by atoms with van der Waals surface area (Å²) in [6, 6.07) is 4.94. The van der Waals surface area contributed by atoms with E-state index in [2.05, 4.69) is 4.98 Å². The number of fused-ring (bicyclic) bond motifs is 1. The summed E-state index contributed by atoms with van der Waals surface area (Å²) in [5.41, 5.74) is 1.49. The fourth-order valence-corrected chi connectivity index (χ4v) is 2.17. The summed E-state index contributed by atoms with van der Waals surface area (Å²) in [4.78, 5) is 38.7. The number of aromatic amines is 1. The zero-order valence-electron chi connectivity index (χ0n) is 11.9. The fourth-order valence-electron chi connectivity index (χ4n) is 2.17. The molecule has 0 fully saturated rings. The minimum atomic E-state index is -0.940. The number of amides is 1. The molecule has 0 saturated carbocycles. The van der Waals surface area contributed by atoms with Crippen molar-refractivity contribution in [2.75, 3.05) is 13.1 Å². The largest absolute Gasteiger partial charge is 0.481 e. The number of carbonyl (C=O) groups is 2. The number of aromatic nitrogens is 2. The summed E-state index contributed by atoms with van der Waals surface area (Å²) in [6.45, 7) is 2.38. The lowest BCUT2D eigenvalue weighted by Gasteiger charge is -2.20. The Kier molecular flexibility index (Phi) is 4.11. The van der Waals surface area contributed by atoms with Crippen LogP contribution in [-0.4, -0.2) is 44.5 Å². The highest BCUT2D eigenvalue weighted by Crippen LogP contribution is 2.14. The molecule has 1 heterocycles. The number of carboxylic acid groups (broad SMARTS) is 1. The van der Waals surface area contributed by atoms with E-state index in [0.29, 0.717) is 23.1 Å². The van der Waals surface area contributed by atoms with E-state index < -0.39 is 5.97 Å². The molecular weight excluding hydrogens is 274 g/mol. The first-order valence-corrected chi connectivity index (χ1v) is 6.64. The minimum Gasteiger partial charge on any atom is -0.481 e. The van der Waals surface area contributed by atoms with Crippen molar-refractivity contribution in [1.82, 2.24) is 14.5 Å². The maximum absolute atomic E-state index is 12.4. The number of hydrogen-bond acceptors (Lipinski definition) is 3. The number of carbonyl (C=O) groups excluding carboxylic acids is 1. The second-order valence-electron chi connectivity index (χ2n) is 4.75. The van der Waals surface area contributed by atoms with E-state index in [9.17, 15) is 14.4 Å². The molecule has 0 bridgehead atoms. The van der Waals surface area contributed by atoms with Crippen LogP contribution in [-0.2, 0) is 11.8 Å². The van der Waals surface area contributed by atoms with Gasteiger partial charge in [0.25, 0.3) is 5.91 Å². The Balaban J connectivity index is 2.31. The Morgan fingerprint density at radius 3 is 2.71 bits per heavy atom. The van der Waals surface area contributed by atoms with Gasteiger partial charge in [0, 0.05) is 25.7 Å². The van der Waals surface area contributed by atoms with Gasteiger partial charge in [-0.05, 0) is 25.1 Å². The first kappa shape index (κ1) is 14.8. The number of H-pyrrole nitrogens is 1. The predicted molar refractivity (Wildman–Crippen MR) is 77.4 cm³/mol. The second-order valence-corrected chi connectivity index (χ2v) is 4.75. The van der Waals surface area contributed by atoms with E-state index in [-0.39, 0.29) is 24.6 Å². The summed E-state index contributed by atoms with van der Waals surface area (Å²) in [6.07, 6.45) is -0.0928. The maximum atomic E-state index is 12.4. The molecular formula is C14H17N3O4. The van der Waals surface area contributed by atoms with Gasteiger partial charge >= 0.3 is 11.7 Å². The van der Waals surface area contributed by atoms with Gasteiger partial charge in [-0.1, -0.05) is 0 Å². The third-order valence-electron chi connectivity index (χ3n) is 3.42. The van der Waals surface area contributed by atoms with Crippen LogP contribution in [0.2, 0.25) is 0 Å². The summed E-state index contributed by atoms with van der Waals surface area (Å²) in [5, 5.41) is 8.71. The van der Waals surface area contributed by atoms with Crippen LogP contribution >= 0.6 is 0 Å². The van der Waals surface area contributed by atoms with E-state index in [0.717, 1.165) is 0 Å². The van der Waals surface area contributed by atoms with E-state index >= 15 is 0 Å². The Morgan fingerprint density at radius 2 is 2.10 bits per heavy atom. The summed E-state index contributed by atoms with van der Waals surface area (Å²) in [7, 11) is 1.62. The standard InChI is InChI=1S/C14H17N3O4/c1-3-17(7-6-12(18)19)13(20)9-4-5-10-11(8-9)16(2)14(21)15-10/h4-5,8H,3,6-7H2,1-2H3,(H,15,21)(H,18,19). The lowest BCUT2D eigenvalue weighted by Crippen LogP contribution is -2.32. The smallest absolute Gasteiger partial charge is 0.326 e. The van der Waals surface area contributed by atoms with Gasteiger partial charge in [0.2, 0.25) is 0 Å². The van der Waals surface area contributed by atoms with Crippen molar-refractivity contribution < 1.29 is 14.7 Å². The molecule has 0 atom stereocenters. The Bertz CT molecular complexity index is 744. The molecule has 2 N–H and O–H groups in total. The summed E-state index contributed by atoms with van der Waals surface area (Å²) in [5.74, 6) is -1.18. The molecule has 112 valence electrons. The molecule has 0 saturated heterocycles. The van der Waals surface area contributed by atoms with E-state index in [1.807, 2.05) is 0 Å². The van der Waals surface area contributed by atoms with Crippen LogP contribution in [0.4, 0.5) is 0 Å². The van der Waals surface area contributed by atoms with Gasteiger partial charge in [0.05, 0.1) is 17.5 Å². The molecule has 0 aliphatic heterocycles. The molecule has 1 aromatic carbocycles. The average molecular weight is 291 g/mol. The number of aliphatic carboxylic acids is 1. The number of imidazole rings is 1. The second kappa shape index (κ2) is 5.82. The van der Waals surface area contributed by atoms with Crippen LogP contribution in [0.3, 0.4) is 0 Å². The van der Waals surface area contributed by atoms with Gasteiger partial charge in [0.1, 0.15) is 0 Å². The molecule has 1 aromatic heterocycles. The normalized spacial score (nSPS) is 10.8. The number of rotatable bonds is 5. The highest BCUT2D eigenvalue weighted by atomic mass is 16.4. The molecule has 0 unspecified atom stereocenters. The number of hydrogen-bond donors (Lipinski definition) is 2. The molecule has 21 heavy (non-hydrogen) atoms. The van der Waals surface area contributed by atoms with Crippen LogP contribution in [0, 0.1) is 0 Å². The topological polar surface area (TPSA) is 95.4 Å². The molecule has 0 radical (unpaired) electrons. The van der Waals surface area contributed by atoms with Crippen molar-refractivity contribution in [2.24, 2.45) is 7.05 Å². The van der Waals surface area contributed by atoms with Gasteiger partial charge in [0.15, 0.2) is 0 Å². The number of aryl methyl sites for hydroxylation is 1. The number of nitrogens with zero attached hydrogens (tertiary/aromatic N) is 2. The maximum Gasteiger partial charge on any atom is 0.326 e. The molecule has 2 rings (SSSR count). The minimum absolute atomic E-state index is 0.0928. The van der Waals surface area contributed by atoms with Gasteiger partial charge in [-0.2, -0.15) is 0 Å². The summed E-state index contributed by atoms with van der Waals surface area (Å²) < 4.78 is 1.43. The molecule has 0 aliphatic rings. The first-order chi connectivity index (χ1) is 9.93. The van der Waals surface area contributed by atoms with Crippen LogP contribution in [0.25, 0.3) is 11.0 Å². The lowest BCUT2D eigenvalue weighted by atomic mass is 10.1. The van der Waals surface area contributed by atoms with Crippen molar-refractivity contribution in [1.29, 1.82) is 0 Å². The van der Waals surface area contributed by atoms with Crippen molar-refractivity contribution in [3.63, 3.8) is 0 Å². The monoisotopic (exact) mass is 291 g/mol. The van der Waals surface area contributed by atoms with E-state index in [4.69, 9.17) is 5.11 Å². The van der Waals surface area contributed by atoms with Gasteiger partial charge in [-0.3, -0.25) is 14.2 Å². The highest BCUT2D eigenvalue weighted by Gasteiger charge is 2.16. The number of benzene rings is 1. The molecule has 0 aliphatic carbocycles. The predicted octanol–water partition coefficient (Wildman–Crippen LogP) is 0.803. The highest BCUT2D eigenvalue weighted by molar-refractivity contribution is 5.97. The van der Waals surface area contributed by atoms with Crippen molar-refractivity contribution in [3.8, 4) is 0 Å². The lowest BCUT2D eigenvalue weighted by molar-refractivity contribution is -0.137. The molecule has 1 amide bonds. The van der Waals surface area contributed by atoms with Crippen molar-refractivity contribution >= 4 is 22.9 Å². The van der Waals surface area contributed by atoms with Gasteiger partial charge < -0.3 is 15.0 Å². The number of carboxylic acids is 1. The fraction of sp³-hybridized carbons (Fsp3) is 0.357. The van der Waals surface area contributed by atoms with Crippen LogP contribution in [0.15, 0.2) is 23.0 Å². The third-order valence-corrected chi connectivity index (χ3v) is 3.42. The average Bonchev–Trinajstić information content (AvgIpc) is 2.74. The quantitative estimate of drug-likeness (QED) is 0.852. The molecule has 2 aromatic rings. The zero-order chi connectivity index (χ0) is 15.6. The Hall–Kier alpha value is -2.57. The van der Waals surface area contributed by atoms with Crippen molar-refractivity contribution in [2.45, 2.75) is 13.3 Å². The van der Waals surface area contributed by atoms with Crippen LogP contribution in [0.1, 0.15) is 23.7 Å². The Labute approximate surface area is 120 Å². The van der Waals surface area contributed by atoms with Gasteiger partial charge in [-0.25, -0.2) is 4.79 Å². The van der Waals surface area contributed by atoms with Crippen LogP contribution in [0.5, 0.6) is 0 Å². The number of nitrogens with one attached hydrogen (secondary N) is 1. The molecule has 7 heteroatoms. The van der Waals surface area contributed by atoms with Crippen LogP contribution < -0.4 is 5.69 Å². The third kappa shape index (κ3) is 2.96. The van der Waals surface area contributed by atoms with E-state index in [1.165, 1.54) is 9.47 Å². The SMILES string of the molecule is CCN(CCC(=O)O)C(=O)c1ccc2[nH]c(=O)n(C)c2c1. The van der Waals surface area contributed by atoms with E-state index in [1.54, 1.807) is 32.2 Å². The summed E-state index contributed by atoms with van der Waals surface area (Å²) >= 11 is 0. The van der Waals surface area contributed by atoms with Crippen molar-refractivity contribution in [3.05, 3.63) is 34.2 Å².